The first-order valence-electron chi connectivity index (χ1n) is 3.59. The number of carboxylic acid groups (broad SMARTS) is 1. The molecule has 0 saturated carbocycles. The molecule has 0 bridgehead atoms. The van der Waals surface area contributed by atoms with Crippen LogP contribution in [-0.4, -0.2) is 34.0 Å². The fraction of sp³-hybridized carbons (Fsp3) is 0.857. The van der Waals surface area contributed by atoms with Gasteiger partial charge in [0.25, 0.3) is 0 Å². The van der Waals surface area contributed by atoms with E-state index in [1.165, 1.54) is 13.8 Å². The Morgan fingerprint density at radius 2 is 2.08 bits per heavy atom. The Morgan fingerprint density at radius 1 is 1.67 bits per heavy atom. The Hall–Kier alpha value is -0.680. The van der Waals surface area contributed by atoms with Crippen molar-refractivity contribution in [1.29, 1.82) is 0 Å². The molecule has 4 nitrogen and oxygen atoms in total. The SMILES string of the molecule is CC(C)(F)C[C@H](N)C(O)C(=O)O. The van der Waals surface area contributed by atoms with Crippen molar-refractivity contribution >= 4 is 5.97 Å². The third-order valence-corrected chi connectivity index (χ3v) is 1.38. The van der Waals surface area contributed by atoms with Crippen LogP contribution in [0.5, 0.6) is 0 Å². The summed E-state index contributed by atoms with van der Waals surface area (Å²) in [7, 11) is 0. The Balaban J connectivity index is 4.04. The fourth-order valence-corrected chi connectivity index (χ4v) is 0.855. The van der Waals surface area contributed by atoms with Crippen LogP contribution in [-0.2, 0) is 4.79 Å². The maximum atomic E-state index is 12.9. The molecule has 0 spiro atoms. The van der Waals surface area contributed by atoms with Crippen molar-refractivity contribution in [2.45, 2.75) is 38.1 Å². The van der Waals surface area contributed by atoms with E-state index in [4.69, 9.17) is 15.9 Å². The number of halogens is 1. The predicted octanol–water partition coefficient (Wildman–Crippen LogP) is -0.103. The first kappa shape index (κ1) is 11.3. The molecule has 12 heavy (non-hydrogen) atoms. The van der Waals surface area contributed by atoms with Gasteiger partial charge in [-0.3, -0.25) is 0 Å². The normalized spacial score (nSPS) is 17.1. The van der Waals surface area contributed by atoms with E-state index in [0.29, 0.717) is 0 Å². The largest absolute Gasteiger partial charge is 0.479 e. The van der Waals surface area contributed by atoms with Gasteiger partial charge in [0, 0.05) is 6.04 Å². The van der Waals surface area contributed by atoms with E-state index in [0.717, 1.165) is 0 Å². The lowest BCUT2D eigenvalue weighted by Crippen LogP contribution is -2.43. The highest BCUT2D eigenvalue weighted by molar-refractivity contribution is 5.72. The zero-order valence-corrected chi connectivity index (χ0v) is 7.12. The topological polar surface area (TPSA) is 83.5 Å². The van der Waals surface area contributed by atoms with Crippen LogP contribution in [0.4, 0.5) is 4.39 Å². The van der Waals surface area contributed by atoms with Crippen molar-refractivity contribution in [3.63, 3.8) is 0 Å². The summed E-state index contributed by atoms with van der Waals surface area (Å²) < 4.78 is 12.9. The van der Waals surface area contributed by atoms with Crippen LogP contribution in [0.3, 0.4) is 0 Å². The van der Waals surface area contributed by atoms with Crippen LogP contribution in [0.25, 0.3) is 0 Å². The van der Waals surface area contributed by atoms with Gasteiger partial charge in [0.15, 0.2) is 6.10 Å². The average molecular weight is 179 g/mol. The highest BCUT2D eigenvalue weighted by Gasteiger charge is 2.28. The van der Waals surface area contributed by atoms with Gasteiger partial charge in [0.05, 0.1) is 0 Å². The molecule has 0 fully saturated rings. The summed E-state index contributed by atoms with van der Waals surface area (Å²) in [5.74, 6) is -1.42. The zero-order chi connectivity index (χ0) is 9.94. The lowest BCUT2D eigenvalue weighted by molar-refractivity contribution is -0.148. The van der Waals surface area contributed by atoms with E-state index in [1.54, 1.807) is 0 Å². The molecule has 4 N–H and O–H groups in total. The van der Waals surface area contributed by atoms with Crippen LogP contribution in [0.1, 0.15) is 20.3 Å². The molecular weight excluding hydrogens is 165 g/mol. The lowest BCUT2D eigenvalue weighted by Gasteiger charge is -2.21. The number of nitrogens with two attached hydrogens (primary N) is 1. The molecule has 2 atom stereocenters. The number of carbonyl (C=O) groups is 1. The summed E-state index contributed by atoms with van der Waals surface area (Å²) in [6.07, 6.45) is -1.87. The number of aliphatic hydroxyl groups is 1. The van der Waals surface area contributed by atoms with E-state index in [9.17, 15) is 9.18 Å². The van der Waals surface area contributed by atoms with Gasteiger partial charge in [0.2, 0.25) is 0 Å². The van der Waals surface area contributed by atoms with Crippen molar-refractivity contribution in [3.8, 4) is 0 Å². The molecule has 5 heteroatoms. The summed E-state index contributed by atoms with van der Waals surface area (Å²) >= 11 is 0. The Kier molecular flexibility index (Phi) is 3.60. The van der Waals surface area contributed by atoms with Crippen LogP contribution < -0.4 is 5.73 Å². The first-order valence-corrected chi connectivity index (χ1v) is 3.59. The van der Waals surface area contributed by atoms with Gasteiger partial charge in [-0.05, 0) is 20.3 Å². The van der Waals surface area contributed by atoms with Gasteiger partial charge in [-0.15, -0.1) is 0 Å². The molecule has 1 unspecified atom stereocenters. The molecule has 0 radical (unpaired) electrons. The van der Waals surface area contributed by atoms with Gasteiger partial charge >= 0.3 is 5.97 Å². The van der Waals surface area contributed by atoms with E-state index in [1.807, 2.05) is 0 Å². The van der Waals surface area contributed by atoms with Crippen molar-refractivity contribution in [1.82, 2.24) is 0 Å². The minimum Gasteiger partial charge on any atom is -0.479 e. The number of rotatable bonds is 4. The van der Waals surface area contributed by atoms with Crippen LogP contribution in [0, 0.1) is 0 Å². The molecule has 0 saturated heterocycles. The lowest BCUT2D eigenvalue weighted by atomic mass is 9.98. The third kappa shape index (κ3) is 4.25. The third-order valence-electron chi connectivity index (χ3n) is 1.38. The average Bonchev–Trinajstić information content (AvgIpc) is 1.82. The molecule has 0 amide bonds. The minimum absolute atomic E-state index is 0.180. The maximum absolute atomic E-state index is 12.9. The maximum Gasteiger partial charge on any atom is 0.334 e. The highest BCUT2D eigenvalue weighted by Crippen LogP contribution is 2.16. The minimum atomic E-state index is -1.69. The summed E-state index contributed by atoms with van der Waals surface area (Å²) in [5, 5.41) is 17.2. The Labute approximate surface area is 70.2 Å². The molecule has 0 aliphatic heterocycles. The van der Waals surface area contributed by atoms with Gasteiger partial charge in [-0.25, -0.2) is 9.18 Å². The molecule has 0 aromatic rings. The van der Waals surface area contributed by atoms with E-state index in [2.05, 4.69) is 0 Å². The number of hydrogen-bond acceptors (Lipinski definition) is 3. The van der Waals surface area contributed by atoms with Gasteiger partial charge in [-0.1, -0.05) is 0 Å². The van der Waals surface area contributed by atoms with Crippen molar-refractivity contribution in [3.05, 3.63) is 0 Å². The number of aliphatic carboxylic acids is 1. The van der Waals surface area contributed by atoms with E-state index >= 15 is 0 Å². The number of aliphatic hydroxyl groups excluding tert-OH is 1. The second kappa shape index (κ2) is 3.82. The summed E-state index contributed by atoms with van der Waals surface area (Å²) in [6, 6.07) is -1.07. The zero-order valence-electron chi connectivity index (χ0n) is 7.12. The standard InChI is InChI=1S/C7H14FNO3/c1-7(2,8)3-4(9)5(10)6(11)12/h4-5,10H,3,9H2,1-2H3,(H,11,12)/t4-,5?/m0/s1. The fourth-order valence-electron chi connectivity index (χ4n) is 0.855. The van der Waals surface area contributed by atoms with E-state index < -0.39 is 23.8 Å². The van der Waals surface area contributed by atoms with Crippen LogP contribution >= 0.6 is 0 Å². The second-order valence-electron chi connectivity index (χ2n) is 3.37. The number of hydrogen-bond donors (Lipinski definition) is 3. The molecule has 72 valence electrons. The predicted molar refractivity (Wildman–Crippen MR) is 41.4 cm³/mol. The molecule has 0 rings (SSSR count). The Bertz CT molecular complexity index is 167. The molecule has 0 aromatic carbocycles. The summed E-state index contributed by atoms with van der Waals surface area (Å²) in [5.41, 5.74) is 3.67. The van der Waals surface area contributed by atoms with Gasteiger partial charge in [0.1, 0.15) is 5.67 Å². The highest BCUT2D eigenvalue weighted by atomic mass is 19.1. The Morgan fingerprint density at radius 3 is 2.33 bits per heavy atom. The second-order valence-corrected chi connectivity index (χ2v) is 3.37. The van der Waals surface area contributed by atoms with Crippen molar-refractivity contribution in [2.24, 2.45) is 5.73 Å². The van der Waals surface area contributed by atoms with Crippen LogP contribution in [0.15, 0.2) is 0 Å². The first-order chi connectivity index (χ1) is 5.24. The quantitative estimate of drug-likeness (QED) is 0.562. The molecule has 0 heterocycles. The molecule has 0 aliphatic rings. The monoisotopic (exact) mass is 179 g/mol. The smallest absolute Gasteiger partial charge is 0.334 e. The molecule has 0 aliphatic carbocycles. The van der Waals surface area contributed by atoms with Gasteiger partial charge in [-0.2, -0.15) is 0 Å². The number of carboxylic acids is 1. The van der Waals surface area contributed by atoms with Crippen molar-refractivity contribution < 1.29 is 19.4 Å². The summed E-state index contributed by atoms with van der Waals surface area (Å²) in [6.45, 7) is 2.56. The molecular formula is C7H14FNO3. The van der Waals surface area contributed by atoms with Crippen molar-refractivity contribution in [2.75, 3.05) is 0 Å². The molecule has 0 aromatic heterocycles. The van der Waals surface area contributed by atoms with E-state index in [-0.39, 0.29) is 6.42 Å². The van der Waals surface area contributed by atoms with Gasteiger partial charge < -0.3 is 15.9 Å². The summed E-state index contributed by atoms with van der Waals surface area (Å²) in [4.78, 5) is 10.2. The van der Waals surface area contributed by atoms with Crippen LogP contribution in [0.2, 0.25) is 0 Å². The number of alkyl halides is 1.